The van der Waals surface area contributed by atoms with Crippen LogP contribution in [0.4, 0.5) is 0 Å². The third-order valence-electron chi connectivity index (χ3n) is 2.23. The molecule has 0 saturated carbocycles. The van der Waals surface area contributed by atoms with Gasteiger partial charge in [0.1, 0.15) is 11.6 Å². The van der Waals surface area contributed by atoms with E-state index >= 15 is 0 Å². The number of carbonyl (C=O) groups is 1. The third kappa shape index (κ3) is 3.44. The maximum atomic E-state index is 11.6. The van der Waals surface area contributed by atoms with Gasteiger partial charge >= 0.3 is 5.97 Å². The molecule has 0 spiro atoms. The van der Waals surface area contributed by atoms with Gasteiger partial charge in [0, 0.05) is 5.92 Å². The summed E-state index contributed by atoms with van der Waals surface area (Å²) in [5.74, 6) is -0.850. The van der Waals surface area contributed by atoms with E-state index in [2.05, 4.69) is 0 Å². The van der Waals surface area contributed by atoms with Crippen molar-refractivity contribution in [2.45, 2.75) is 38.5 Å². The molecule has 0 aliphatic carbocycles. The van der Waals surface area contributed by atoms with Crippen LogP contribution >= 0.6 is 0 Å². The molecule has 0 bridgehead atoms. The highest BCUT2D eigenvalue weighted by molar-refractivity contribution is 5.76. The second-order valence-corrected chi connectivity index (χ2v) is 4.83. The second kappa shape index (κ2) is 4.47. The molecule has 1 saturated heterocycles. The maximum Gasteiger partial charge on any atom is 0.323 e. The van der Waals surface area contributed by atoms with Crippen LogP contribution in [0, 0.1) is 5.92 Å². The van der Waals surface area contributed by atoms with Crippen LogP contribution in [-0.2, 0) is 14.3 Å². The molecule has 3 N–H and O–H groups in total. The van der Waals surface area contributed by atoms with Crippen molar-refractivity contribution in [2.75, 3.05) is 13.2 Å². The maximum absolute atomic E-state index is 11.6. The minimum atomic E-state index is -0.818. The Bertz CT molecular complexity index is 236. The van der Waals surface area contributed by atoms with E-state index in [4.69, 9.17) is 15.2 Å². The molecule has 3 atom stereocenters. The van der Waals surface area contributed by atoms with Crippen molar-refractivity contribution < 1.29 is 19.4 Å². The molecule has 0 aromatic heterocycles. The van der Waals surface area contributed by atoms with E-state index in [1.807, 2.05) is 0 Å². The van der Waals surface area contributed by atoms with Crippen LogP contribution in [0.2, 0.25) is 0 Å². The SMILES string of the molecule is CC(C)(C)OC(=O)C(N)[C@@H]1COC[C@H]1O. The first kappa shape index (κ1) is 12.4. The fraction of sp³-hybridized carbons (Fsp3) is 0.900. The first-order chi connectivity index (χ1) is 6.81. The molecule has 1 fully saturated rings. The summed E-state index contributed by atoms with van der Waals surface area (Å²) >= 11 is 0. The molecule has 1 heterocycles. The molecule has 0 amide bonds. The largest absolute Gasteiger partial charge is 0.459 e. The monoisotopic (exact) mass is 217 g/mol. The quantitative estimate of drug-likeness (QED) is 0.618. The van der Waals surface area contributed by atoms with E-state index in [0.717, 1.165) is 0 Å². The fourth-order valence-electron chi connectivity index (χ4n) is 1.45. The number of aliphatic hydroxyl groups is 1. The van der Waals surface area contributed by atoms with E-state index in [0.29, 0.717) is 6.61 Å². The van der Waals surface area contributed by atoms with Crippen molar-refractivity contribution in [3.8, 4) is 0 Å². The molecule has 1 aliphatic rings. The molecule has 15 heavy (non-hydrogen) atoms. The first-order valence-corrected chi connectivity index (χ1v) is 5.05. The lowest BCUT2D eigenvalue weighted by atomic mass is 9.97. The third-order valence-corrected chi connectivity index (χ3v) is 2.23. The van der Waals surface area contributed by atoms with Gasteiger partial charge in [-0.15, -0.1) is 0 Å². The average Bonchev–Trinajstić information content (AvgIpc) is 2.47. The normalized spacial score (nSPS) is 28.9. The molecule has 1 aliphatic heterocycles. The van der Waals surface area contributed by atoms with Gasteiger partial charge in [0.25, 0.3) is 0 Å². The molecule has 0 radical (unpaired) electrons. The number of rotatable bonds is 2. The van der Waals surface area contributed by atoms with Gasteiger partial charge in [-0.05, 0) is 20.8 Å². The van der Waals surface area contributed by atoms with Crippen LogP contribution in [-0.4, -0.2) is 42.0 Å². The van der Waals surface area contributed by atoms with E-state index in [-0.39, 0.29) is 12.5 Å². The van der Waals surface area contributed by atoms with Gasteiger partial charge in [-0.25, -0.2) is 0 Å². The smallest absolute Gasteiger partial charge is 0.323 e. The highest BCUT2D eigenvalue weighted by Crippen LogP contribution is 2.19. The highest BCUT2D eigenvalue weighted by Gasteiger charge is 2.37. The van der Waals surface area contributed by atoms with Gasteiger partial charge in [0.2, 0.25) is 0 Å². The van der Waals surface area contributed by atoms with Crippen LogP contribution in [0.5, 0.6) is 0 Å². The van der Waals surface area contributed by atoms with Crippen LogP contribution in [0.3, 0.4) is 0 Å². The Labute approximate surface area is 89.5 Å². The lowest BCUT2D eigenvalue weighted by Crippen LogP contribution is -2.46. The standard InChI is InChI=1S/C10H19NO4/c1-10(2,3)15-9(13)8(11)6-4-14-5-7(6)12/h6-8,12H,4-5,11H2,1-3H3/t6-,7-,8?/m1/s1. The van der Waals surface area contributed by atoms with E-state index in [1.165, 1.54) is 0 Å². The zero-order chi connectivity index (χ0) is 11.6. The lowest BCUT2D eigenvalue weighted by Gasteiger charge is -2.25. The molecule has 88 valence electrons. The Kier molecular flexibility index (Phi) is 3.70. The molecule has 0 aromatic rings. The molecule has 0 aromatic carbocycles. The van der Waals surface area contributed by atoms with Crippen LogP contribution in [0.1, 0.15) is 20.8 Å². The van der Waals surface area contributed by atoms with Gasteiger partial charge in [0.15, 0.2) is 0 Å². The summed E-state index contributed by atoms with van der Waals surface area (Å²) in [6.45, 7) is 5.88. The number of carbonyl (C=O) groups excluding carboxylic acids is 1. The lowest BCUT2D eigenvalue weighted by molar-refractivity contribution is -0.158. The zero-order valence-corrected chi connectivity index (χ0v) is 9.40. The van der Waals surface area contributed by atoms with Crippen molar-refractivity contribution in [2.24, 2.45) is 11.7 Å². The summed E-state index contributed by atoms with van der Waals surface area (Å²) in [7, 11) is 0. The molecular weight excluding hydrogens is 198 g/mol. The number of nitrogens with two attached hydrogens (primary N) is 1. The predicted octanol–water partition coefficient (Wildman–Crippen LogP) is -0.337. The van der Waals surface area contributed by atoms with Gasteiger partial charge in [0.05, 0.1) is 19.3 Å². The minimum Gasteiger partial charge on any atom is -0.459 e. The summed E-state index contributed by atoms with van der Waals surface area (Å²) in [6, 6.07) is -0.818. The van der Waals surface area contributed by atoms with Gasteiger partial charge in [-0.2, -0.15) is 0 Å². The van der Waals surface area contributed by atoms with Crippen LogP contribution in [0.25, 0.3) is 0 Å². The van der Waals surface area contributed by atoms with Crippen molar-refractivity contribution in [3.05, 3.63) is 0 Å². The first-order valence-electron chi connectivity index (χ1n) is 5.05. The summed E-state index contributed by atoms with van der Waals surface area (Å²) < 4.78 is 10.2. The van der Waals surface area contributed by atoms with Gasteiger partial charge in [-0.3, -0.25) is 4.79 Å². The van der Waals surface area contributed by atoms with Crippen LogP contribution in [0.15, 0.2) is 0 Å². The molecular formula is C10H19NO4. The summed E-state index contributed by atoms with van der Waals surface area (Å²) in [5.41, 5.74) is 5.15. The number of esters is 1. The van der Waals surface area contributed by atoms with Gasteiger partial charge < -0.3 is 20.3 Å². The Balaban J connectivity index is 2.52. The number of hydrogen-bond donors (Lipinski definition) is 2. The molecule has 5 nitrogen and oxygen atoms in total. The summed E-state index contributed by atoms with van der Waals surface area (Å²) in [6.07, 6.45) is -0.674. The predicted molar refractivity (Wildman–Crippen MR) is 54.1 cm³/mol. The van der Waals surface area contributed by atoms with Crippen molar-refractivity contribution in [1.29, 1.82) is 0 Å². The zero-order valence-electron chi connectivity index (χ0n) is 9.40. The van der Waals surface area contributed by atoms with E-state index in [1.54, 1.807) is 20.8 Å². The van der Waals surface area contributed by atoms with Crippen molar-refractivity contribution in [3.63, 3.8) is 0 Å². The Morgan fingerprint density at radius 3 is 2.53 bits per heavy atom. The van der Waals surface area contributed by atoms with Crippen molar-refractivity contribution >= 4 is 5.97 Å². The second-order valence-electron chi connectivity index (χ2n) is 4.83. The average molecular weight is 217 g/mol. The molecule has 1 unspecified atom stereocenters. The van der Waals surface area contributed by atoms with E-state index in [9.17, 15) is 9.90 Å². The van der Waals surface area contributed by atoms with Crippen molar-refractivity contribution in [1.82, 2.24) is 0 Å². The Morgan fingerprint density at radius 1 is 1.53 bits per heavy atom. The molecule has 1 rings (SSSR count). The number of ether oxygens (including phenoxy) is 2. The van der Waals surface area contributed by atoms with Crippen LogP contribution < -0.4 is 5.73 Å². The van der Waals surface area contributed by atoms with E-state index < -0.39 is 23.7 Å². The summed E-state index contributed by atoms with van der Waals surface area (Å²) in [5, 5.41) is 9.49. The van der Waals surface area contributed by atoms with Gasteiger partial charge in [-0.1, -0.05) is 0 Å². The Morgan fingerprint density at radius 2 is 2.13 bits per heavy atom. The number of hydrogen-bond acceptors (Lipinski definition) is 5. The topological polar surface area (TPSA) is 81.8 Å². The fourth-order valence-corrected chi connectivity index (χ4v) is 1.45. The Hall–Kier alpha value is -0.650. The number of aliphatic hydroxyl groups excluding tert-OH is 1. The summed E-state index contributed by atoms with van der Waals surface area (Å²) in [4.78, 5) is 11.6. The molecule has 5 heteroatoms. The minimum absolute atomic E-state index is 0.237. The highest BCUT2D eigenvalue weighted by atomic mass is 16.6.